The van der Waals surface area contributed by atoms with E-state index in [1.165, 1.54) is 38.4 Å². The number of ether oxygens (including phenoxy) is 2. The Balaban J connectivity index is 0.862. The lowest BCUT2D eigenvalue weighted by molar-refractivity contribution is -0.140. The maximum absolute atomic E-state index is 15.4. The molecule has 0 spiro atoms. The molecule has 0 radical (unpaired) electrons. The molecule has 1 unspecified atom stereocenters. The number of methoxy groups -OCH3 is 2. The number of rotatable bonds is 13. The molecule has 0 bridgehead atoms. The largest absolute Gasteiger partial charge is 0.495 e. The van der Waals surface area contributed by atoms with Gasteiger partial charge in [0.25, 0.3) is 11.8 Å². The average molecular weight is 852 g/mol. The van der Waals surface area contributed by atoms with Gasteiger partial charge in [0.05, 0.1) is 44.0 Å². The summed E-state index contributed by atoms with van der Waals surface area (Å²) in [4.78, 5) is 64.8. The molecule has 4 aliphatic rings. The number of imide groups is 1. The molecule has 0 aliphatic carbocycles. The molecule has 3 fully saturated rings. The molecule has 4 N–H and O–H groups in total. The van der Waals surface area contributed by atoms with Crippen molar-refractivity contribution in [1.29, 1.82) is 0 Å². The van der Waals surface area contributed by atoms with Gasteiger partial charge in [0.2, 0.25) is 17.8 Å². The van der Waals surface area contributed by atoms with E-state index in [0.29, 0.717) is 72.6 Å². The number of aromatic nitrogens is 2. The van der Waals surface area contributed by atoms with Gasteiger partial charge in [-0.3, -0.25) is 34.8 Å². The summed E-state index contributed by atoms with van der Waals surface area (Å²) in [5, 5.41) is 10.3. The third-order valence-corrected chi connectivity index (χ3v) is 11.8. The number of fused-ring (bicyclic) bond motifs is 1. The number of hydrogen-bond acceptors (Lipinski definition) is 14. The first-order chi connectivity index (χ1) is 29.3. The van der Waals surface area contributed by atoms with Gasteiger partial charge in [-0.2, -0.15) is 13.8 Å². The maximum atomic E-state index is 15.4. The van der Waals surface area contributed by atoms with E-state index in [9.17, 15) is 28.0 Å². The highest BCUT2D eigenvalue weighted by Crippen LogP contribution is 2.37. The Labute approximate surface area is 351 Å². The number of nitrogens with one attached hydrogen (secondary N) is 4. The number of hydrogen-bond donors (Lipinski definition) is 4. The summed E-state index contributed by atoms with van der Waals surface area (Å²) >= 11 is 0. The number of anilines is 6. The fourth-order valence-electron chi connectivity index (χ4n) is 8.16. The lowest BCUT2D eigenvalue weighted by atomic mass is 9.94. The van der Waals surface area contributed by atoms with Crippen LogP contribution < -0.4 is 45.5 Å². The number of alkyl halides is 2. The molecule has 17 nitrogen and oxygen atoms in total. The van der Waals surface area contributed by atoms with Crippen LogP contribution in [0.1, 0.15) is 49.4 Å². The van der Waals surface area contributed by atoms with Crippen LogP contribution in [0.2, 0.25) is 0 Å². The lowest BCUT2D eigenvalue weighted by Gasteiger charge is -2.38. The molecule has 328 valence electrons. The van der Waals surface area contributed by atoms with Gasteiger partial charge in [-0.1, -0.05) is 0 Å². The van der Waals surface area contributed by atoms with E-state index in [1.54, 1.807) is 31.2 Å². The van der Waals surface area contributed by atoms with Gasteiger partial charge in [0, 0.05) is 77.0 Å². The second-order valence-corrected chi connectivity index (χ2v) is 15.7. The average Bonchev–Trinajstić information content (AvgIpc) is 3.32. The lowest BCUT2D eigenvalue weighted by Crippen LogP contribution is -2.48. The van der Waals surface area contributed by atoms with Crippen LogP contribution >= 0.6 is 0 Å². The molecule has 3 aromatic rings. The van der Waals surface area contributed by atoms with Crippen LogP contribution in [0.25, 0.3) is 0 Å². The van der Waals surface area contributed by atoms with Crippen molar-refractivity contribution in [2.45, 2.75) is 51.0 Å². The molecule has 1 aromatic heterocycles. The van der Waals surface area contributed by atoms with Crippen molar-refractivity contribution in [3.63, 3.8) is 0 Å². The molecule has 2 aromatic carbocycles. The second-order valence-electron chi connectivity index (χ2n) is 15.7. The minimum atomic E-state index is -3.59. The number of halogens is 3. The SMILES string of the molecule is CCN1CC(F)(F)C(=O)N(C)c2cnc(Nc3ccc(C(=O)NN4CCC(CCN5CCN(c6cc(OC)c(NC7CCC(=O)NC7=O)cc6F)CC5)CC4)cc3OC)nc21. The van der Waals surface area contributed by atoms with E-state index < -0.39 is 36.1 Å². The third-order valence-electron chi connectivity index (χ3n) is 11.8. The normalized spacial score (nSPS) is 20.1. The first-order valence-corrected chi connectivity index (χ1v) is 20.5. The van der Waals surface area contributed by atoms with Gasteiger partial charge in [0.15, 0.2) is 5.82 Å². The highest BCUT2D eigenvalue weighted by Gasteiger charge is 2.47. The van der Waals surface area contributed by atoms with E-state index in [2.05, 4.69) is 36.2 Å². The van der Waals surface area contributed by atoms with Crippen molar-refractivity contribution in [1.82, 2.24) is 30.6 Å². The Morgan fingerprint density at radius 1 is 0.951 bits per heavy atom. The Bertz CT molecular complexity index is 2130. The summed E-state index contributed by atoms with van der Waals surface area (Å²) in [5.74, 6) is -4.83. The predicted molar refractivity (Wildman–Crippen MR) is 222 cm³/mol. The summed E-state index contributed by atoms with van der Waals surface area (Å²) < 4.78 is 55.7. The summed E-state index contributed by atoms with van der Waals surface area (Å²) in [5.41, 5.74) is 4.81. The minimum absolute atomic E-state index is 0.102. The van der Waals surface area contributed by atoms with Gasteiger partial charge < -0.3 is 34.8 Å². The number of piperidine rings is 2. The molecular weight excluding hydrogens is 800 g/mol. The molecule has 0 saturated carbocycles. The summed E-state index contributed by atoms with van der Waals surface area (Å²) in [6.45, 7) is 6.27. The molecule has 4 aliphatic heterocycles. The standard InChI is InChI=1S/C41H52F3N11O6/c1-5-53-24-41(43,44)39(59)51(2)32-23-45-40(49-36(32)53)47-28-7-6-26(20-33(28)60-3)37(57)50-55-14-11-25(12-15-55)10-13-52-16-18-54(19-17-52)31-22-34(61-4)30(21-27(31)42)46-29-8-9-35(56)48-38(29)58/h6-7,20-23,25,29,46H,5,8-19,24H2,1-4H3,(H,50,57)(H,45,47,49)(H,48,56,58). The number of piperazine rings is 1. The van der Waals surface area contributed by atoms with Crippen LogP contribution in [0.5, 0.6) is 11.5 Å². The van der Waals surface area contributed by atoms with Crippen molar-refractivity contribution in [3.05, 3.63) is 47.9 Å². The predicted octanol–water partition coefficient (Wildman–Crippen LogP) is 3.60. The molecule has 20 heteroatoms. The zero-order chi connectivity index (χ0) is 43.4. The molecule has 1 atom stereocenters. The van der Waals surface area contributed by atoms with Gasteiger partial charge in [-0.05, 0) is 63.3 Å². The van der Waals surface area contributed by atoms with Crippen molar-refractivity contribution in [2.24, 2.45) is 5.92 Å². The van der Waals surface area contributed by atoms with Crippen LogP contribution in [0.4, 0.5) is 47.7 Å². The summed E-state index contributed by atoms with van der Waals surface area (Å²) in [7, 11) is 4.23. The van der Waals surface area contributed by atoms with Crippen LogP contribution in [0.3, 0.4) is 0 Å². The number of nitrogens with zero attached hydrogens (tertiary/aromatic N) is 7. The quantitative estimate of drug-likeness (QED) is 0.184. The van der Waals surface area contributed by atoms with Gasteiger partial charge in [-0.25, -0.2) is 14.4 Å². The molecule has 61 heavy (non-hydrogen) atoms. The van der Waals surface area contributed by atoms with E-state index in [0.717, 1.165) is 43.8 Å². The van der Waals surface area contributed by atoms with Crippen molar-refractivity contribution in [3.8, 4) is 11.5 Å². The number of carbonyl (C=O) groups excluding carboxylic acids is 4. The van der Waals surface area contributed by atoms with Gasteiger partial charge in [-0.15, -0.1) is 0 Å². The van der Waals surface area contributed by atoms with E-state index in [1.807, 2.05) is 9.91 Å². The first kappa shape index (κ1) is 43.2. The van der Waals surface area contributed by atoms with E-state index in [-0.39, 0.29) is 42.2 Å². The van der Waals surface area contributed by atoms with Crippen LogP contribution in [0.15, 0.2) is 36.5 Å². The maximum Gasteiger partial charge on any atom is 0.342 e. The second kappa shape index (κ2) is 18.4. The molecule has 7 rings (SSSR count). The highest BCUT2D eigenvalue weighted by molar-refractivity contribution is 6.02. The molecule has 4 amide bonds. The molecular formula is C41H52F3N11O6. The van der Waals surface area contributed by atoms with E-state index >= 15 is 4.39 Å². The number of benzene rings is 2. The zero-order valence-electron chi connectivity index (χ0n) is 34.7. The van der Waals surface area contributed by atoms with Gasteiger partial charge in [0.1, 0.15) is 29.0 Å². The van der Waals surface area contributed by atoms with Crippen molar-refractivity contribution in [2.75, 3.05) is 106 Å². The first-order valence-electron chi connectivity index (χ1n) is 20.5. The fourth-order valence-corrected chi connectivity index (χ4v) is 8.16. The number of hydrazine groups is 1. The topological polar surface area (TPSA) is 177 Å². The Hall–Kier alpha value is -5.89. The van der Waals surface area contributed by atoms with E-state index in [4.69, 9.17) is 9.47 Å². The third kappa shape index (κ3) is 9.69. The number of amides is 4. The summed E-state index contributed by atoms with van der Waals surface area (Å²) in [6.07, 6.45) is 4.71. The smallest absolute Gasteiger partial charge is 0.342 e. The van der Waals surface area contributed by atoms with Crippen LogP contribution in [0, 0.1) is 11.7 Å². The summed E-state index contributed by atoms with van der Waals surface area (Å²) in [6, 6.07) is 7.25. The minimum Gasteiger partial charge on any atom is -0.495 e. The Morgan fingerprint density at radius 2 is 1.67 bits per heavy atom. The van der Waals surface area contributed by atoms with Crippen molar-refractivity contribution >= 4 is 58.1 Å². The Morgan fingerprint density at radius 3 is 2.36 bits per heavy atom. The van der Waals surface area contributed by atoms with Crippen LogP contribution in [-0.2, 0) is 14.4 Å². The highest BCUT2D eigenvalue weighted by atomic mass is 19.3. The Kier molecular flexibility index (Phi) is 13.0. The molecule has 5 heterocycles. The zero-order valence-corrected chi connectivity index (χ0v) is 34.7. The molecule has 3 saturated heterocycles. The monoisotopic (exact) mass is 851 g/mol. The fraction of sp³-hybridized carbons (Fsp3) is 0.512. The van der Waals surface area contributed by atoms with Gasteiger partial charge >= 0.3 is 5.92 Å². The van der Waals surface area contributed by atoms with Crippen LogP contribution in [-0.4, -0.2) is 136 Å². The van der Waals surface area contributed by atoms with Crippen molar-refractivity contribution < 1.29 is 41.8 Å². The number of carbonyl (C=O) groups is 4.